The number of carbonyl (C=O) groups excluding carboxylic acids is 3. The molecule has 0 spiro atoms. The Morgan fingerprint density at radius 1 is 1.03 bits per heavy atom. The average molecular weight is 461 g/mol. The van der Waals surface area contributed by atoms with Gasteiger partial charge in [0.15, 0.2) is 18.3 Å². The minimum Gasteiger partial charge on any atom is -0.455 e. The Morgan fingerprint density at radius 2 is 1.57 bits per heavy atom. The first-order chi connectivity index (χ1) is 14.1. The molecule has 10 heteroatoms. The molecule has 0 amide bonds. The Balaban J connectivity index is 2.61. The molecule has 1 aromatic carbocycles. The van der Waals surface area contributed by atoms with Crippen LogP contribution in [0, 0.1) is 6.92 Å². The molecule has 1 aliphatic heterocycles. The van der Waals surface area contributed by atoms with E-state index >= 15 is 0 Å². The number of halogens is 1. The predicted octanol–water partition coefficient (Wildman–Crippen LogP) is 2.70. The van der Waals surface area contributed by atoms with Crippen LogP contribution in [-0.2, 0) is 39.9 Å². The summed E-state index contributed by atoms with van der Waals surface area (Å²) in [7, 11) is 0. The van der Waals surface area contributed by atoms with E-state index < -0.39 is 47.8 Å². The number of aryl methyl sites for hydroxylation is 1. The normalized spacial score (nSPS) is 26.0. The fourth-order valence-electron chi connectivity index (χ4n) is 3.38. The summed E-state index contributed by atoms with van der Waals surface area (Å²) in [6, 6.07) is 3.33. The number of esters is 3. The molecule has 0 saturated carbocycles. The van der Waals surface area contributed by atoms with E-state index in [-0.39, 0.29) is 6.61 Å². The summed E-state index contributed by atoms with van der Waals surface area (Å²) in [5.74, 6) is -1.84. The SMILES string of the molecule is CS[C@H]1O[C@@H](c2cc(CO)c(Cl)cc2C)[C@H](OC(C)=O)[C@@H](OC(C)=O)[C@@H]1OC(C)=O. The van der Waals surface area contributed by atoms with Crippen molar-refractivity contribution >= 4 is 41.3 Å². The highest BCUT2D eigenvalue weighted by atomic mass is 35.5. The van der Waals surface area contributed by atoms with Crippen LogP contribution in [0.2, 0.25) is 5.02 Å². The Bertz CT molecular complexity index is 814. The van der Waals surface area contributed by atoms with Crippen molar-refractivity contribution in [3.8, 4) is 0 Å². The second kappa shape index (κ2) is 10.5. The number of rotatable bonds is 6. The van der Waals surface area contributed by atoms with Gasteiger partial charge in [0, 0.05) is 25.8 Å². The number of aliphatic hydroxyl groups excluding tert-OH is 1. The summed E-state index contributed by atoms with van der Waals surface area (Å²) < 4.78 is 22.5. The molecule has 0 bridgehead atoms. The molecule has 5 atom stereocenters. The van der Waals surface area contributed by atoms with Crippen molar-refractivity contribution in [3.63, 3.8) is 0 Å². The first-order valence-electron chi connectivity index (χ1n) is 9.18. The van der Waals surface area contributed by atoms with E-state index in [2.05, 4.69) is 0 Å². The topological polar surface area (TPSA) is 108 Å². The standard InChI is InChI=1S/C20H25ClO8S/c1-9-6-15(21)13(8-22)7-14(9)16-17(26-10(2)23)18(27-11(3)24)19(28-12(4)25)20(29-16)30-5/h6-7,16-20,22H,8H2,1-5H3/t16-,17-,18+,19-,20+/m0/s1. The van der Waals surface area contributed by atoms with Crippen LogP contribution < -0.4 is 0 Å². The second-order valence-corrected chi connectivity index (χ2v) is 8.18. The van der Waals surface area contributed by atoms with E-state index in [4.69, 9.17) is 30.5 Å². The number of hydrogen-bond donors (Lipinski definition) is 1. The van der Waals surface area contributed by atoms with E-state index in [0.29, 0.717) is 16.1 Å². The van der Waals surface area contributed by atoms with Crippen molar-refractivity contribution in [1.29, 1.82) is 0 Å². The maximum Gasteiger partial charge on any atom is 0.303 e. The average Bonchev–Trinajstić information content (AvgIpc) is 2.64. The van der Waals surface area contributed by atoms with Crippen molar-refractivity contribution < 1.29 is 38.4 Å². The van der Waals surface area contributed by atoms with Gasteiger partial charge in [-0.25, -0.2) is 0 Å². The Hall–Kier alpha value is -1.81. The molecule has 8 nitrogen and oxygen atoms in total. The highest BCUT2D eigenvalue weighted by Crippen LogP contribution is 2.42. The summed E-state index contributed by atoms with van der Waals surface area (Å²) in [5.41, 5.74) is 1.09. The van der Waals surface area contributed by atoms with Gasteiger partial charge in [-0.1, -0.05) is 11.6 Å². The Kier molecular flexibility index (Phi) is 8.54. The first kappa shape index (κ1) is 24.5. The van der Waals surface area contributed by atoms with Crippen LogP contribution in [0.25, 0.3) is 0 Å². The van der Waals surface area contributed by atoms with E-state index in [0.717, 1.165) is 5.56 Å². The third-order valence-electron chi connectivity index (χ3n) is 4.55. The number of ether oxygens (including phenoxy) is 4. The largest absolute Gasteiger partial charge is 0.455 e. The minimum absolute atomic E-state index is 0.299. The lowest BCUT2D eigenvalue weighted by Crippen LogP contribution is -2.57. The van der Waals surface area contributed by atoms with Crippen LogP contribution in [0.1, 0.15) is 43.6 Å². The molecular formula is C20H25ClO8S. The molecule has 1 saturated heterocycles. The molecule has 0 unspecified atom stereocenters. The lowest BCUT2D eigenvalue weighted by molar-refractivity contribution is -0.233. The summed E-state index contributed by atoms with van der Waals surface area (Å²) in [6.07, 6.45) is -2.29. The third-order valence-corrected chi connectivity index (χ3v) is 5.74. The van der Waals surface area contributed by atoms with E-state index in [1.54, 1.807) is 25.3 Å². The number of thioether (sulfide) groups is 1. The maximum atomic E-state index is 11.9. The fraction of sp³-hybridized carbons (Fsp3) is 0.550. The number of hydrogen-bond acceptors (Lipinski definition) is 9. The molecule has 1 heterocycles. The summed E-state index contributed by atoms with van der Waals surface area (Å²) in [6.45, 7) is 5.16. The van der Waals surface area contributed by atoms with Crippen LogP contribution in [0.5, 0.6) is 0 Å². The second-order valence-electron chi connectivity index (χ2n) is 6.84. The van der Waals surface area contributed by atoms with Crippen LogP contribution in [0.4, 0.5) is 0 Å². The van der Waals surface area contributed by atoms with Crippen LogP contribution in [0.15, 0.2) is 12.1 Å². The third kappa shape index (κ3) is 5.66. The molecule has 0 aliphatic carbocycles. The molecule has 1 fully saturated rings. The quantitative estimate of drug-likeness (QED) is 0.506. The smallest absolute Gasteiger partial charge is 0.303 e. The number of aliphatic hydroxyl groups is 1. The number of carbonyl (C=O) groups is 3. The Morgan fingerprint density at radius 3 is 2.07 bits per heavy atom. The first-order valence-corrected chi connectivity index (χ1v) is 10.8. The van der Waals surface area contributed by atoms with Crippen LogP contribution >= 0.6 is 23.4 Å². The van der Waals surface area contributed by atoms with E-state index in [1.165, 1.54) is 32.5 Å². The number of benzene rings is 1. The molecule has 0 radical (unpaired) electrons. The summed E-state index contributed by atoms with van der Waals surface area (Å²) in [5, 5.41) is 10.00. The molecule has 0 aromatic heterocycles. The summed E-state index contributed by atoms with van der Waals surface area (Å²) in [4.78, 5) is 35.4. The van der Waals surface area contributed by atoms with Gasteiger partial charge >= 0.3 is 17.9 Å². The van der Waals surface area contributed by atoms with Gasteiger partial charge < -0.3 is 24.1 Å². The van der Waals surface area contributed by atoms with E-state index in [1.807, 2.05) is 0 Å². The molecular weight excluding hydrogens is 436 g/mol. The zero-order chi connectivity index (χ0) is 22.6. The monoisotopic (exact) mass is 460 g/mol. The maximum absolute atomic E-state index is 11.9. The van der Waals surface area contributed by atoms with Gasteiger partial charge in [-0.05, 0) is 42.0 Å². The zero-order valence-electron chi connectivity index (χ0n) is 17.3. The Labute approximate surface area is 184 Å². The van der Waals surface area contributed by atoms with Crippen molar-refractivity contribution in [2.45, 2.75) is 64.2 Å². The minimum atomic E-state index is -1.10. The molecule has 2 rings (SSSR count). The van der Waals surface area contributed by atoms with Gasteiger partial charge in [-0.2, -0.15) is 0 Å². The van der Waals surface area contributed by atoms with Crippen LogP contribution in [-0.4, -0.2) is 53.0 Å². The van der Waals surface area contributed by atoms with Gasteiger partial charge in [-0.3, -0.25) is 14.4 Å². The molecule has 1 aromatic rings. The van der Waals surface area contributed by atoms with Gasteiger partial charge in [0.1, 0.15) is 11.5 Å². The van der Waals surface area contributed by atoms with Crippen molar-refractivity contribution in [2.24, 2.45) is 0 Å². The lowest BCUT2D eigenvalue weighted by Gasteiger charge is -2.44. The molecule has 166 valence electrons. The van der Waals surface area contributed by atoms with E-state index in [9.17, 15) is 19.5 Å². The zero-order valence-corrected chi connectivity index (χ0v) is 18.9. The molecule has 1 N–H and O–H groups in total. The summed E-state index contributed by atoms with van der Waals surface area (Å²) >= 11 is 7.44. The van der Waals surface area contributed by atoms with Gasteiger partial charge in [-0.15, -0.1) is 11.8 Å². The van der Waals surface area contributed by atoms with Gasteiger partial charge in [0.25, 0.3) is 0 Å². The van der Waals surface area contributed by atoms with Gasteiger partial charge in [0.2, 0.25) is 0 Å². The van der Waals surface area contributed by atoms with Crippen molar-refractivity contribution in [1.82, 2.24) is 0 Å². The van der Waals surface area contributed by atoms with Crippen molar-refractivity contribution in [3.05, 3.63) is 33.8 Å². The molecule has 1 aliphatic rings. The highest BCUT2D eigenvalue weighted by molar-refractivity contribution is 7.99. The fourth-order valence-corrected chi connectivity index (χ4v) is 4.37. The molecule has 30 heavy (non-hydrogen) atoms. The highest BCUT2D eigenvalue weighted by Gasteiger charge is 2.52. The van der Waals surface area contributed by atoms with Crippen molar-refractivity contribution in [2.75, 3.05) is 6.26 Å². The predicted molar refractivity (Wildman–Crippen MR) is 110 cm³/mol. The van der Waals surface area contributed by atoms with Gasteiger partial charge in [0.05, 0.1) is 6.61 Å². The lowest BCUT2D eigenvalue weighted by atomic mass is 9.90. The van der Waals surface area contributed by atoms with Crippen LogP contribution in [0.3, 0.4) is 0 Å².